The van der Waals surface area contributed by atoms with Gasteiger partial charge in [0.1, 0.15) is 5.82 Å². The zero-order valence-corrected chi connectivity index (χ0v) is 17.0. The topological polar surface area (TPSA) is 114 Å². The van der Waals surface area contributed by atoms with Crippen molar-refractivity contribution in [2.24, 2.45) is 0 Å². The van der Waals surface area contributed by atoms with Crippen molar-refractivity contribution in [3.63, 3.8) is 0 Å². The third kappa shape index (κ3) is 4.38. The van der Waals surface area contributed by atoms with Crippen LogP contribution in [-0.4, -0.2) is 58.1 Å². The molecule has 1 aliphatic rings. The van der Waals surface area contributed by atoms with E-state index >= 15 is 0 Å². The van der Waals surface area contributed by atoms with Crippen LogP contribution in [0.4, 0.5) is 11.4 Å². The minimum atomic E-state index is -0.418. The number of hydrogen-bond acceptors (Lipinski definition) is 7. The van der Waals surface area contributed by atoms with E-state index in [1.165, 1.54) is 16.8 Å². The highest BCUT2D eigenvalue weighted by Crippen LogP contribution is 2.20. The van der Waals surface area contributed by atoms with Gasteiger partial charge in [0.25, 0.3) is 17.2 Å². The Labute approximate surface area is 177 Å². The summed E-state index contributed by atoms with van der Waals surface area (Å²) in [5, 5.41) is 11.2. The molecule has 0 aliphatic carbocycles. The molecule has 0 unspecified atom stereocenters. The number of amides is 1. The first-order chi connectivity index (χ1) is 14.9. The standard InChI is InChI=1S/C21H22N6O4/c1-15-22-19-5-3-2-4-18(19)21(29)26(15)23-20(28)14-24-10-12-25(13-11-24)16-6-8-17(9-7-16)27(30)31/h2-9H,10-14H2,1H3,(H,23,28). The molecule has 0 bridgehead atoms. The molecule has 1 saturated heterocycles. The third-order valence-electron chi connectivity index (χ3n) is 5.35. The Morgan fingerprint density at radius 2 is 1.77 bits per heavy atom. The lowest BCUT2D eigenvalue weighted by atomic mass is 10.2. The number of anilines is 1. The molecule has 2 aromatic carbocycles. The van der Waals surface area contributed by atoms with Crippen LogP contribution in [0.2, 0.25) is 0 Å². The van der Waals surface area contributed by atoms with Crippen LogP contribution in [0.5, 0.6) is 0 Å². The SMILES string of the molecule is Cc1nc2ccccc2c(=O)n1NC(=O)CN1CCN(c2ccc([N+](=O)[O-])cc2)CC1. The van der Waals surface area contributed by atoms with Crippen molar-refractivity contribution >= 4 is 28.2 Å². The normalized spacial score (nSPS) is 14.5. The zero-order valence-electron chi connectivity index (χ0n) is 17.0. The molecule has 10 nitrogen and oxygen atoms in total. The Balaban J connectivity index is 1.36. The molecular weight excluding hydrogens is 400 g/mol. The molecule has 0 spiro atoms. The number of nitrogens with one attached hydrogen (secondary N) is 1. The number of fused-ring (bicyclic) bond motifs is 1. The van der Waals surface area contributed by atoms with Gasteiger partial charge in [-0.15, -0.1) is 0 Å². The molecule has 1 N–H and O–H groups in total. The fourth-order valence-electron chi connectivity index (χ4n) is 3.69. The molecule has 1 fully saturated rings. The van der Waals surface area contributed by atoms with Crippen LogP contribution < -0.4 is 15.9 Å². The molecule has 1 amide bonds. The molecule has 2 heterocycles. The van der Waals surface area contributed by atoms with Gasteiger partial charge >= 0.3 is 0 Å². The van der Waals surface area contributed by atoms with Crippen LogP contribution in [0.25, 0.3) is 10.9 Å². The molecule has 0 saturated carbocycles. The average Bonchev–Trinajstić information content (AvgIpc) is 2.77. The number of carbonyl (C=O) groups is 1. The van der Waals surface area contributed by atoms with Crippen LogP contribution >= 0.6 is 0 Å². The Kier molecular flexibility index (Phi) is 5.63. The zero-order chi connectivity index (χ0) is 22.0. The molecule has 10 heteroatoms. The van der Waals surface area contributed by atoms with Gasteiger partial charge in [-0.3, -0.25) is 30.0 Å². The Morgan fingerprint density at radius 1 is 1.10 bits per heavy atom. The van der Waals surface area contributed by atoms with Crippen molar-refractivity contribution in [3.05, 3.63) is 74.8 Å². The Bertz CT molecular complexity index is 1180. The van der Waals surface area contributed by atoms with E-state index in [0.717, 1.165) is 5.69 Å². The van der Waals surface area contributed by atoms with Gasteiger partial charge in [0.05, 0.1) is 22.4 Å². The summed E-state index contributed by atoms with van der Waals surface area (Å²) in [6, 6.07) is 13.5. The highest BCUT2D eigenvalue weighted by Gasteiger charge is 2.20. The lowest BCUT2D eigenvalue weighted by molar-refractivity contribution is -0.384. The largest absolute Gasteiger partial charge is 0.369 e. The van der Waals surface area contributed by atoms with E-state index < -0.39 is 4.92 Å². The first kappa shape index (κ1) is 20.5. The molecular formula is C21H22N6O4. The van der Waals surface area contributed by atoms with E-state index in [2.05, 4.69) is 15.3 Å². The van der Waals surface area contributed by atoms with Crippen molar-refractivity contribution in [2.45, 2.75) is 6.92 Å². The van der Waals surface area contributed by atoms with E-state index in [1.54, 1.807) is 37.3 Å². The molecule has 0 atom stereocenters. The van der Waals surface area contributed by atoms with Crippen molar-refractivity contribution in [1.29, 1.82) is 0 Å². The predicted octanol–water partition coefficient (Wildman–Crippen LogP) is 1.51. The number of benzene rings is 2. The smallest absolute Gasteiger partial charge is 0.280 e. The van der Waals surface area contributed by atoms with Gasteiger partial charge in [-0.2, -0.15) is 0 Å². The summed E-state index contributed by atoms with van der Waals surface area (Å²) in [4.78, 5) is 44.1. The van der Waals surface area contributed by atoms with E-state index in [9.17, 15) is 19.7 Å². The fourth-order valence-corrected chi connectivity index (χ4v) is 3.69. The molecule has 31 heavy (non-hydrogen) atoms. The molecule has 160 valence electrons. The second-order valence-corrected chi connectivity index (χ2v) is 7.39. The van der Waals surface area contributed by atoms with Crippen molar-refractivity contribution in [1.82, 2.24) is 14.6 Å². The number of rotatable bonds is 5. The van der Waals surface area contributed by atoms with E-state index in [1.807, 2.05) is 11.0 Å². The van der Waals surface area contributed by atoms with Gasteiger partial charge in [0.15, 0.2) is 0 Å². The maximum Gasteiger partial charge on any atom is 0.280 e. The van der Waals surface area contributed by atoms with Crippen LogP contribution in [0, 0.1) is 17.0 Å². The average molecular weight is 422 g/mol. The number of hydrogen-bond donors (Lipinski definition) is 1. The van der Waals surface area contributed by atoms with E-state index in [-0.39, 0.29) is 23.7 Å². The first-order valence-electron chi connectivity index (χ1n) is 9.92. The minimum absolute atomic E-state index is 0.0628. The predicted molar refractivity (Wildman–Crippen MR) is 117 cm³/mol. The second kappa shape index (κ2) is 8.52. The highest BCUT2D eigenvalue weighted by atomic mass is 16.6. The summed E-state index contributed by atoms with van der Waals surface area (Å²) in [6.45, 7) is 4.55. The molecule has 3 aromatic rings. The van der Waals surface area contributed by atoms with E-state index in [4.69, 9.17) is 0 Å². The van der Waals surface area contributed by atoms with Gasteiger partial charge in [-0.05, 0) is 31.2 Å². The van der Waals surface area contributed by atoms with Gasteiger partial charge in [0, 0.05) is 44.0 Å². The van der Waals surface area contributed by atoms with Crippen molar-refractivity contribution in [2.75, 3.05) is 43.0 Å². The maximum absolute atomic E-state index is 12.7. The number of aryl methyl sites for hydroxylation is 1. The third-order valence-corrected chi connectivity index (χ3v) is 5.35. The molecule has 1 aromatic heterocycles. The number of nitro benzene ring substituents is 1. The number of piperazine rings is 1. The summed E-state index contributed by atoms with van der Waals surface area (Å²) in [7, 11) is 0. The number of nitro groups is 1. The van der Waals surface area contributed by atoms with Crippen molar-refractivity contribution < 1.29 is 9.72 Å². The van der Waals surface area contributed by atoms with Crippen molar-refractivity contribution in [3.8, 4) is 0 Å². The van der Waals surface area contributed by atoms with Gasteiger partial charge in [-0.25, -0.2) is 9.66 Å². The maximum atomic E-state index is 12.7. The van der Waals surface area contributed by atoms with Gasteiger partial charge in [0.2, 0.25) is 0 Å². The summed E-state index contributed by atoms with van der Waals surface area (Å²) >= 11 is 0. The van der Waals surface area contributed by atoms with Crippen LogP contribution in [0.15, 0.2) is 53.3 Å². The van der Waals surface area contributed by atoms with Crippen LogP contribution in [0.3, 0.4) is 0 Å². The number of para-hydroxylation sites is 1. The number of aromatic nitrogens is 2. The highest BCUT2D eigenvalue weighted by molar-refractivity contribution is 5.86. The summed E-state index contributed by atoms with van der Waals surface area (Å²) in [5.41, 5.74) is 3.93. The lowest BCUT2D eigenvalue weighted by Gasteiger charge is -2.35. The number of carbonyl (C=O) groups excluding carboxylic acids is 1. The number of non-ortho nitro benzene ring substituents is 1. The second-order valence-electron chi connectivity index (χ2n) is 7.39. The summed E-state index contributed by atoms with van der Waals surface area (Å²) in [5.74, 6) is 0.131. The summed E-state index contributed by atoms with van der Waals surface area (Å²) in [6.07, 6.45) is 0. The Morgan fingerprint density at radius 3 is 2.45 bits per heavy atom. The monoisotopic (exact) mass is 422 g/mol. The number of nitrogens with zero attached hydrogens (tertiary/aromatic N) is 5. The Hall–Kier alpha value is -3.79. The minimum Gasteiger partial charge on any atom is -0.369 e. The van der Waals surface area contributed by atoms with Crippen LogP contribution in [0.1, 0.15) is 5.82 Å². The fraction of sp³-hybridized carbons (Fsp3) is 0.286. The summed E-state index contributed by atoms with van der Waals surface area (Å²) < 4.78 is 1.19. The lowest BCUT2D eigenvalue weighted by Crippen LogP contribution is -2.50. The molecule has 4 rings (SSSR count). The van der Waals surface area contributed by atoms with Crippen LogP contribution in [-0.2, 0) is 4.79 Å². The first-order valence-corrected chi connectivity index (χ1v) is 9.92. The molecule has 0 radical (unpaired) electrons. The quantitative estimate of drug-likeness (QED) is 0.490. The van der Waals surface area contributed by atoms with E-state index in [0.29, 0.717) is 42.9 Å². The van der Waals surface area contributed by atoms with Gasteiger partial charge < -0.3 is 4.90 Å². The molecule has 1 aliphatic heterocycles. The van der Waals surface area contributed by atoms with Gasteiger partial charge in [-0.1, -0.05) is 12.1 Å².